The molecule has 5 nitrogen and oxygen atoms in total. The molecule has 1 rings (SSSR count). The van der Waals surface area contributed by atoms with Crippen molar-refractivity contribution in [1.82, 2.24) is 5.32 Å². The Kier molecular flexibility index (Phi) is 4.63. The third kappa shape index (κ3) is 2.80. The molecule has 78 valence electrons. The molecule has 6 heteroatoms. The summed E-state index contributed by atoms with van der Waals surface area (Å²) in [6.07, 6.45) is -2.01. The molecule has 0 amide bonds. The topological polar surface area (TPSA) is 89.8 Å². The first-order chi connectivity index (χ1) is 5.52. The first-order valence-electron chi connectivity index (χ1n) is 3.86. The van der Waals surface area contributed by atoms with Gasteiger partial charge in [-0.3, -0.25) is 4.79 Å². The van der Waals surface area contributed by atoms with Crippen molar-refractivity contribution in [3.8, 4) is 0 Å². The van der Waals surface area contributed by atoms with Gasteiger partial charge in [0.25, 0.3) is 0 Å². The second kappa shape index (κ2) is 4.76. The van der Waals surface area contributed by atoms with Gasteiger partial charge < -0.3 is 20.6 Å². The molecule has 13 heavy (non-hydrogen) atoms. The lowest BCUT2D eigenvalue weighted by Gasteiger charge is -2.12. The van der Waals surface area contributed by atoms with E-state index in [9.17, 15) is 15.0 Å². The van der Waals surface area contributed by atoms with E-state index in [1.54, 1.807) is 6.92 Å². The standard InChI is InChI=1S/C7H13NO4.ClH/c1-3-6(11)7(12)4(8-3)2-5(9)10;/h3-4,6-8,11-12H,2H2,1H3,(H,9,10);1H/t3-,4-,6+,7-;/m0./s1. The van der Waals surface area contributed by atoms with Gasteiger partial charge in [0.05, 0.1) is 18.6 Å². The number of aliphatic hydroxyl groups is 2. The zero-order chi connectivity index (χ0) is 9.30. The SMILES string of the molecule is C[C@@H]1N[C@@H](CC(=O)O)[C@H](O)[C@@H]1O.Cl. The van der Waals surface area contributed by atoms with Crippen LogP contribution in [0.2, 0.25) is 0 Å². The Hall–Kier alpha value is -0.360. The summed E-state index contributed by atoms with van der Waals surface area (Å²) < 4.78 is 0. The predicted molar refractivity (Wildman–Crippen MR) is 47.9 cm³/mol. The molecule has 0 aromatic rings. The minimum Gasteiger partial charge on any atom is -0.481 e. The molecule has 0 bridgehead atoms. The minimum atomic E-state index is -0.979. The Balaban J connectivity index is 0.00000144. The lowest BCUT2D eigenvalue weighted by atomic mass is 10.1. The fourth-order valence-electron chi connectivity index (χ4n) is 1.44. The normalized spacial score (nSPS) is 38.4. The predicted octanol–water partition coefficient (Wildman–Crippen LogP) is -1.04. The Morgan fingerprint density at radius 2 is 1.92 bits per heavy atom. The largest absolute Gasteiger partial charge is 0.481 e. The number of aliphatic hydroxyl groups excluding tert-OH is 2. The van der Waals surface area contributed by atoms with Crippen molar-refractivity contribution in [3.05, 3.63) is 0 Å². The summed E-state index contributed by atoms with van der Waals surface area (Å²) >= 11 is 0. The fraction of sp³-hybridized carbons (Fsp3) is 0.857. The van der Waals surface area contributed by atoms with E-state index in [0.29, 0.717) is 0 Å². The highest BCUT2D eigenvalue weighted by Crippen LogP contribution is 2.16. The van der Waals surface area contributed by atoms with Gasteiger partial charge in [0.2, 0.25) is 0 Å². The molecule has 0 aromatic carbocycles. The summed E-state index contributed by atoms with van der Waals surface area (Å²) in [5, 5.41) is 29.8. The number of carboxylic acid groups (broad SMARTS) is 1. The van der Waals surface area contributed by atoms with Crippen LogP contribution < -0.4 is 5.32 Å². The summed E-state index contributed by atoms with van der Waals surface area (Å²) in [6, 6.07) is -0.781. The Morgan fingerprint density at radius 3 is 2.23 bits per heavy atom. The van der Waals surface area contributed by atoms with E-state index in [2.05, 4.69) is 5.32 Å². The van der Waals surface area contributed by atoms with Gasteiger partial charge >= 0.3 is 5.97 Å². The van der Waals surface area contributed by atoms with E-state index >= 15 is 0 Å². The van der Waals surface area contributed by atoms with Gasteiger partial charge in [-0.25, -0.2) is 0 Å². The van der Waals surface area contributed by atoms with E-state index in [1.807, 2.05) is 0 Å². The van der Waals surface area contributed by atoms with Crippen LogP contribution in [0.5, 0.6) is 0 Å². The van der Waals surface area contributed by atoms with E-state index < -0.39 is 24.2 Å². The first-order valence-corrected chi connectivity index (χ1v) is 3.86. The van der Waals surface area contributed by atoms with E-state index in [0.717, 1.165) is 0 Å². The van der Waals surface area contributed by atoms with Crippen molar-refractivity contribution in [2.75, 3.05) is 0 Å². The fourth-order valence-corrected chi connectivity index (χ4v) is 1.44. The van der Waals surface area contributed by atoms with Gasteiger partial charge in [0, 0.05) is 12.1 Å². The second-order valence-corrected chi connectivity index (χ2v) is 3.14. The van der Waals surface area contributed by atoms with Gasteiger partial charge in [-0.05, 0) is 6.92 Å². The summed E-state index contributed by atoms with van der Waals surface area (Å²) in [6.45, 7) is 1.70. The van der Waals surface area contributed by atoms with Gasteiger partial charge in [0.1, 0.15) is 0 Å². The molecule has 1 aliphatic heterocycles. The monoisotopic (exact) mass is 211 g/mol. The molecule has 0 aromatic heterocycles. The van der Waals surface area contributed by atoms with Crippen LogP contribution in [0.25, 0.3) is 0 Å². The molecule has 0 unspecified atom stereocenters. The molecule has 1 heterocycles. The highest BCUT2D eigenvalue weighted by atomic mass is 35.5. The molecule has 0 radical (unpaired) electrons. The average Bonchev–Trinajstić information content (AvgIpc) is 2.17. The van der Waals surface area contributed by atoms with Crippen molar-refractivity contribution >= 4 is 18.4 Å². The van der Waals surface area contributed by atoms with Crippen LogP contribution in [0.4, 0.5) is 0 Å². The van der Waals surface area contributed by atoms with Crippen LogP contribution in [0.1, 0.15) is 13.3 Å². The van der Waals surface area contributed by atoms with Crippen LogP contribution in [0.3, 0.4) is 0 Å². The maximum absolute atomic E-state index is 10.3. The van der Waals surface area contributed by atoms with Crippen LogP contribution in [-0.2, 0) is 4.79 Å². The van der Waals surface area contributed by atoms with Gasteiger partial charge in [-0.15, -0.1) is 12.4 Å². The number of aliphatic carboxylic acids is 1. The van der Waals surface area contributed by atoms with Gasteiger partial charge in [0.15, 0.2) is 0 Å². The first kappa shape index (κ1) is 12.6. The number of carbonyl (C=O) groups is 1. The molecule has 0 saturated carbocycles. The Bertz CT molecular complexity index is 189. The quantitative estimate of drug-likeness (QED) is 0.469. The van der Waals surface area contributed by atoms with Crippen molar-refractivity contribution in [1.29, 1.82) is 0 Å². The zero-order valence-electron chi connectivity index (χ0n) is 7.17. The van der Waals surface area contributed by atoms with E-state index in [4.69, 9.17) is 5.11 Å². The lowest BCUT2D eigenvalue weighted by Crippen LogP contribution is -2.35. The summed E-state index contributed by atoms with van der Waals surface area (Å²) in [7, 11) is 0. The third-order valence-electron chi connectivity index (χ3n) is 2.15. The lowest BCUT2D eigenvalue weighted by molar-refractivity contribution is -0.138. The number of carboxylic acids is 1. The maximum atomic E-state index is 10.3. The molecule has 4 N–H and O–H groups in total. The van der Waals surface area contributed by atoms with Crippen molar-refractivity contribution in [2.45, 2.75) is 37.6 Å². The van der Waals surface area contributed by atoms with E-state index in [-0.39, 0.29) is 24.9 Å². The molecule has 1 saturated heterocycles. The number of nitrogens with one attached hydrogen (secondary N) is 1. The zero-order valence-corrected chi connectivity index (χ0v) is 7.99. The number of hydrogen-bond donors (Lipinski definition) is 4. The molecule has 0 aliphatic carbocycles. The summed E-state index contributed by atoms with van der Waals surface area (Å²) in [5.74, 6) is -0.979. The smallest absolute Gasteiger partial charge is 0.305 e. The summed E-state index contributed by atoms with van der Waals surface area (Å²) in [4.78, 5) is 10.3. The molecular formula is C7H14ClNO4. The van der Waals surface area contributed by atoms with E-state index in [1.165, 1.54) is 0 Å². The van der Waals surface area contributed by atoms with Crippen LogP contribution in [0, 0.1) is 0 Å². The molecule has 4 atom stereocenters. The highest BCUT2D eigenvalue weighted by Gasteiger charge is 2.39. The van der Waals surface area contributed by atoms with Crippen molar-refractivity contribution in [2.24, 2.45) is 0 Å². The Morgan fingerprint density at radius 1 is 1.38 bits per heavy atom. The number of hydrogen-bond acceptors (Lipinski definition) is 4. The van der Waals surface area contributed by atoms with Crippen LogP contribution >= 0.6 is 12.4 Å². The van der Waals surface area contributed by atoms with Gasteiger partial charge in [-0.2, -0.15) is 0 Å². The highest BCUT2D eigenvalue weighted by molar-refractivity contribution is 5.85. The number of halogens is 1. The molecular weight excluding hydrogens is 198 g/mol. The molecule has 1 fully saturated rings. The van der Waals surface area contributed by atoms with Crippen molar-refractivity contribution in [3.63, 3.8) is 0 Å². The third-order valence-corrected chi connectivity index (χ3v) is 2.15. The molecule has 1 aliphatic rings. The van der Waals surface area contributed by atoms with Crippen LogP contribution in [-0.4, -0.2) is 45.6 Å². The van der Waals surface area contributed by atoms with Gasteiger partial charge in [-0.1, -0.05) is 0 Å². The molecule has 0 spiro atoms. The summed E-state index contributed by atoms with van der Waals surface area (Å²) in [5.41, 5.74) is 0. The number of rotatable bonds is 2. The minimum absolute atomic E-state index is 0. The van der Waals surface area contributed by atoms with Crippen molar-refractivity contribution < 1.29 is 20.1 Å². The Labute approximate surface area is 82.2 Å². The second-order valence-electron chi connectivity index (χ2n) is 3.14. The maximum Gasteiger partial charge on any atom is 0.305 e. The average molecular weight is 212 g/mol. The van der Waals surface area contributed by atoms with Crippen LogP contribution in [0.15, 0.2) is 0 Å².